The Morgan fingerprint density at radius 2 is 1.88 bits per heavy atom. The minimum Gasteiger partial charge on any atom is -0.352 e. The van der Waals surface area contributed by atoms with E-state index in [2.05, 4.69) is 26.1 Å². The van der Waals surface area contributed by atoms with Gasteiger partial charge in [0.25, 0.3) is 0 Å². The van der Waals surface area contributed by atoms with Gasteiger partial charge in [-0.1, -0.05) is 26.7 Å². The van der Waals surface area contributed by atoms with Crippen molar-refractivity contribution in [3.8, 4) is 0 Å². The van der Waals surface area contributed by atoms with E-state index in [0.717, 1.165) is 6.42 Å². The Bertz CT molecular complexity index is 222. The summed E-state index contributed by atoms with van der Waals surface area (Å²) in [5.74, 6) is 1.16. The molecular formula is C13H26N2O. The van der Waals surface area contributed by atoms with Crippen molar-refractivity contribution in [2.45, 2.75) is 65.0 Å². The van der Waals surface area contributed by atoms with Gasteiger partial charge in [-0.25, -0.2) is 0 Å². The number of hydrogen-bond donors (Lipinski definition) is 2. The predicted octanol–water partition coefficient (Wildman–Crippen LogP) is 2.05. The minimum absolute atomic E-state index is 0.0214. The summed E-state index contributed by atoms with van der Waals surface area (Å²) in [4.78, 5) is 11.8. The van der Waals surface area contributed by atoms with Gasteiger partial charge >= 0.3 is 0 Å². The third-order valence-electron chi connectivity index (χ3n) is 3.54. The first-order chi connectivity index (χ1) is 7.50. The maximum Gasteiger partial charge on any atom is 0.237 e. The quantitative estimate of drug-likeness (QED) is 0.754. The highest BCUT2D eigenvalue weighted by Crippen LogP contribution is 2.27. The highest BCUT2D eigenvalue weighted by Gasteiger charge is 2.24. The Kier molecular flexibility index (Phi) is 5.26. The number of carbonyl (C=O) groups excluding carboxylic acids is 1. The van der Waals surface area contributed by atoms with Gasteiger partial charge in [-0.15, -0.1) is 0 Å². The maximum atomic E-state index is 11.8. The second kappa shape index (κ2) is 6.24. The van der Waals surface area contributed by atoms with Crippen LogP contribution in [0.5, 0.6) is 0 Å². The molecule has 0 heterocycles. The van der Waals surface area contributed by atoms with Gasteiger partial charge in [0.1, 0.15) is 0 Å². The summed E-state index contributed by atoms with van der Waals surface area (Å²) in [5, 5.41) is 3.06. The summed E-state index contributed by atoms with van der Waals surface area (Å²) >= 11 is 0. The number of rotatable bonds is 5. The van der Waals surface area contributed by atoms with Gasteiger partial charge in [0.2, 0.25) is 5.91 Å². The van der Waals surface area contributed by atoms with Crippen LogP contribution in [0.25, 0.3) is 0 Å². The normalized spacial score (nSPS) is 21.1. The lowest BCUT2D eigenvalue weighted by molar-refractivity contribution is -0.123. The van der Waals surface area contributed by atoms with E-state index in [-0.39, 0.29) is 18.0 Å². The fraction of sp³-hybridized carbons (Fsp3) is 0.923. The number of amides is 1. The Morgan fingerprint density at radius 3 is 2.38 bits per heavy atom. The van der Waals surface area contributed by atoms with Gasteiger partial charge < -0.3 is 11.1 Å². The molecule has 0 aliphatic heterocycles. The van der Waals surface area contributed by atoms with Gasteiger partial charge in [0, 0.05) is 6.04 Å². The molecule has 94 valence electrons. The smallest absolute Gasteiger partial charge is 0.237 e. The molecule has 0 unspecified atom stereocenters. The van der Waals surface area contributed by atoms with E-state index >= 15 is 0 Å². The molecule has 1 aliphatic carbocycles. The van der Waals surface area contributed by atoms with Crippen molar-refractivity contribution in [2.24, 2.45) is 17.6 Å². The average molecular weight is 226 g/mol. The largest absolute Gasteiger partial charge is 0.352 e. The maximum absolute atomic E-state index is 11.8. The highest BCUT2D eigenvalue weighted by molar-refractivity contribution is 5.81. The van der Waals surface area contributed by atoms with Crippen LogP contribution in [-0.4, -0.2) is 18.0 Å². The van der Waals surface area contributed by atoms with Crippen LogP contribution in [0.1, 0.15) is 52.9 Å². The van der Waals surface area contributed by atoms with Gasteiger partial charge in [-0.2, -0.15) is 0 Å². The summed E-state index contributed by atoms with van der Waals surface area (Å²) in [6.45, 7) is 6.29. The zero-order valence-corrected chi connectivity index (χ0v) is 10.8. The SMILES string of the molecule is CC(C)C[C@@H](N)C(=O)N[C@H](C)C1CCCC1. The number of hydrogen-bond acceptors (Lipinski definition) is 2. The van der Waals surface area contributed by atoms with Crippen LogP contribution in [0.2, 0.25) is 0 Å². The molecule has 0 radical (unpaired) electrons. The molecule has 16 heavy (non-hydrogen) atoms. The van der Waals surface area contributed by atoms with E-state index in [4.69, 9.17) is 5.73 Å². The summed E-state index contributed by atoms with van der Waals surface area (Å²) in [5.41, 5.74) is 5.85. The van der Waals surface area contributed by atoms with Crippen molar-refractivity contribution in [2.75, 3.05) is 0 Å². The van der Waals surface area contributed by atoms with E-state index in [0.29, 0.717) is 11.8 Å². The zero-order valence-electron chi connectivity index (χ0n) is 10.8. The molecule has 0 bridgehead atoms. The van der Waals surface area contributed by atoms with E-state index in [1.54, 1.807) is 0 Å². The summed E-state index contributed by atoms with van der Waals surface area (Å²) in [6, 6.07) is -0.0583. The zero-order chi connectivity index (χ0) is 12.1. The first-order valence-electron chi connectivity index (χ1n) is 6.56. The van der Waals surface area contributed by atoms with E-state index in [1.807, 2.05) is 0 Å². The van der Waals surface area contributed by atoms with Gasteiger partial charge in [0.05, 0.1) is 6.04 Å². The molecule has 1 amide bonds. The predicted molar refractivity (Wildman–Crippen MR) is 67.0 cm³/mol. The molecule has 0 aromatic heterocycles. The molecule has 1 rings (SSSR count). The Labute approximate surface area is 99.2 Å². The van der Waals surface area contributed by atoms with Crippen LogP contribution in [0, 0.1) is 11.8 Å². The third-order valence-corrected chi connectivity index (χ3v) is 3.54. The fourth-order valence-corrected chi connectivity index (χ4v) is 2.52. The van der Waals surface area contributed by atoms with Crippen LogP contribution in [0.4, 0.5) is 0 Å². The Morgan fingerprint density at radius 1 is 1.31 bits per heavy atom. The minimum atomic E-state index is -0.344. The molecular weight excluding hydrogens is 200 g/mol. The first-order valence-corrected chi connectivity index (χ1v) is 6.56. The summed E-state index contributed by atoms with van der Waals surface area (Å²) in [6.07, 6.45) is 5.89. The van der Waals surface area contributed by atoms with Crippen molar-refractivity contribution < 1.29 is 4.79 Å². The van der Waals surface area contributed by atoms with Crippen LogP contribution in [-0.2, 0) is 4.79 Å². The molecule has 3 nitrogen and oxygen atoms in total. The van der Waals surface area contributed by atoms with E-state index in [1.165, 1.54) is 25.7 Å². The Hall–Kier alpha value is -0.570. The molecule has 0 spiro atoms. The average Bonchev–Trinajstić information content (AvgIpc) is 2.68. The summed E-state index contributed by atoms with van der Waals surface area (Å²) < 4.78 is 0. The van der Waals surface area contributed by atoms with Crippen molar-refractivity contribution in [3.05, 3.63) is 0 Å². The van der Waals surface area contributed by atoms with Crippen LogP contribution in [0.3, 0.4) is 0 Å². The van der Waals surface area contributed by atoms with E-state index in [9.17, 15) is 4.79 Å². The number of nitrogens with one attached hydrogen (secondary N) is 1. The lowest BCUT2D eigenvalue weighted by Gasteiger charge is -2.23. The fourth-order valence-electron chi connectivity index (χ4n) is 2.52. The summed E-state index contributed by atoms with van der Waals surface area (Å²) in [7, 11) is 0. The van der Waals surface area contributed by atoms with Crippen LogP contribution < -0.4 is 11.1 Å². The van der Waals surface area contributed by atoms with Gasteiger partial charge in [0.15, 0.2) is 0 Å². The highest BCUT2D eigenvalue weighted by atomic mass is 16.2. The molecule has 2 atom stereocenters. The second-order valence-corrected chi connectivity index (χ2v) is 5.58. The molecule has 3 N–H and O–H groups in total. The first kappa shape index (κ1) is 13.5. The number of carbonyl (C=O) groups is 1. The van der Waals surface area contributed by atoms with E-state index < -0.39 is 0 Å². The van der Waals surface area contributed by atoms with Crippen molar-refractivity contribution >= 4 is 5.91 Å². The van der Waals surface area contributed by atoms with Crippen molar-refractivity contribution in [3.63, 3.8) is 0 Å². The number of nitrogens with two attached hydrogens (primary N) is 1. The van der Waals surface area contributed by atoms with Crippen LogP contribution in [0.15, 0.2) is 0 Å². The van der Waals surface area contributed by atoms with Crippen molar-refractivity contribution in [1.82, 2.24) is 5.32 Å². The topological polar surface area (TPSA) is 55.1 Å². The van der Waals surface area contributed by atoms with Crippen LogP contribution >= 0.6 is 0 Å². The monoisotopic (exact) mass is 226 g/mol. The van der Waals surface area contributed by atoms with Crippen molar-refractivity contribution in [1.29, 1.82) is 0 Å². The molecule has 0 aromatic carbocycles. The van der Waals surface area contributed by atoms with Gasteiger partial charge in [-0.3, -0.25) is 4.79 Å². The standard InChI is InChI=1S/C13H26N2O/c1-9(2)8-12(14)13(16)15-10(3)11-6-4-5-7-11/h9-12H,4-8,14H2,1-3H3,(H,15,16)/t10-,12-/m1/s1. The molecule has 1 aliphatic rings. The molecule has 0 saturated heterocycles. The molecule has 1 fully saturated rings. The van der Waals surface area contributed by atoms with Gasteiger partial charge in [-0.05, 0) is 38.0 Å². The lowest BCUT2D eigenvalue weighted by Crippen LogP contribution is -2.46. The third kappa shape index (κ3) is 4.12. The molecule has 3 heteroatoms. The molecule has 1 saturated carbocycles. The lowest BCUT2D eigenvalue weighted by atomic mass is 9.98. The Balaban J connectivity index is 2.31. The second-order valence-electron chi connectivity index (χ2n) is 5.58. The molecule has 0 aromatic rings.